The van der Waals surface area contributed by atoms with Gasteiger partial charge in [-0.25, -0.2) is 4.68 Å². The lowest BCUT2D eigenvalue weighted by atomic mass is 10.5. The van der Waals surface area contributed by atoms with Crippen molar-refractivity contribution in [3.63, 3.8) is 0 Å². The molecule has 0 aromatic carbocycles. The zero-order chi connectivity index (χ0) is 12.1. The zero-order valence-corrected chi connectivity index (χ0v) is 10.3. The van der Waals surface area contributed by atoms with E-state index in [1.165, 1.54) is 0 Å². The Balaban J connectivity index is 1.88. The van der Waals surface area contributed by atoms with Gasteiger partial charge in [0.05, 0.1) is 25.9 Å². The molecule has 8 heteroatoms. The molecule has 0 aliphatic carbocycles. The van der Waals surface area contributed by atoms with Crippen LogP contribution in [-0.4, -0.2) is 36.9 Å². The molecule has 0 aliphatic rings. The van der Waals surface area contributed by atoms with E-state index in [1.807, 2.05) is 6.92 Å². The molecular formula is C9H14N6OS. The van der Waals surface area contributed by atoms with Gasteiger partial charge in [0.2, 0.25) is 5.13 Å². The van der Waals surface area contributed by atoms with E-state index in [2.05, 4.69) is 25.8 Å². The van der Waals surface area contributed by atoms with E-state index < -0.39 is 0 Å². The highest BCUT2D eigenvalue weighted by Gasteiger charge is 2.04. The molecule has 0 bridgehead atoms. The van der Waals surface area contributed by atoms with Crippen LogP contribution >= 0.6 is 11.3 Å². The van der Waals surface area contributed by atoms with E-state index >= 15 is 0 Å². The maximum Gasteiger partial charge on any atom is 0.205 e. The molecule has 0 aliphatic heterocycles. The van der Waals surface area contributed by atoms with E-state index in [9.17, 15) is 0 Å². The molecule has 92 valence electrons. The minimum absolute atomic E-state index is 0.0620. The van der Waals surface area contributed by atoms with E-state index in [-0.39, 0.29) is 6.61 Å². The van der Waals surface area contributed by atoms with Gasteiger partial charge in [-0.3, -0.25) is 0 Å². The van der Waals surface area contributed by atoms with Crippen LogP contribution < -0.4 is 5.32 Å². The van der Waals surface area contributed by atoms with Crippen molar-refractivity contribution in [1.29, 1.82) is 0 Å². The van der Waals surface area contributed by atoms with Crippen LogP contribution in [0.4, 0.5) is 5.13 Å². The molecule has 0 radical (unpaired) electrons. The molecule has 2 rings (SSSR count). The van der Waals surface area contributed by atoms with Crippen LogP contribution in [0.2, 0.25) is 0 Å². The first-order valence-electron chi connectivity index (χ1n) is 5.38. The molecular weight excluding hydrogens is 240 g/mol. The number of nitrogens with one attached hydrogen (secondary N) is 1. The van der Waals surface area contributed by atoms with Crippen molar-refractivity contribution in [1.82, 2.24) is 25.2 Å². The SMILES string of the molecule is CCc1nnc(NCc2cn(CCO)nn2)s1. The normalized spacial score (nSPS) is 10.7. The van der Waals surface area contributed by atoms with Gasteiger partial charge in [-0.1, -0.05) is 23.5 Å². The van der Waals surface area contributed by atoms with Crippen LogP contribution in [0.1, 0.15) is 17.6 Å². The van der Waals surface area contributed by atoms with Gasteiger partial charge in [0.1, 0.15) is 10.7 Å². The molecule has 2 N–H and O–H groups in total. The standard InChI is InChI=1S/C9H14N6OS/c1-2-8-12-13-9(17-8)10-5-7-6-15(3-4-16)14-11-7/h6,16H,2-5H2,1H3,(H,10,13). The third kappa shape index (κ3) is 3.21. The third-order valence-corrected chi connectivity index (χ3v) is 3.13. The van der Waals surface area contributed by atoms with Crippen molar-refractivity contribution in [2.75, 3.05) is 11.9 Å². The van der Waals surface area contributed by atoms with Crippen LogP contribution in [0.3, 0.4) is 0 Å². The smallest absolute Gasteiger partial charge is 0.205 e. The summed E-state index contributed by atoms with van der Waals surface area (Å²) in [6.07, 6.45) is 2.69. The highest BCUT2D eigenvalue weighted by molar-refractivity contribution is 7.15. The molecule has 0 fully saturated rings. The lowest BCUT2D eigenvalue weighted by molar-refractivity contribution is 0.268. The molecule has 7 nitrogen and oxygen atoms in total. The summed E-state index contributed by atoms with van der Waals surface area (Å²) < 4.78 is 1.61. The van der Waals surface area contributed by atoms with E-state index in [1.54, 1.807) is 22.2 Å². The summed E-state index contributed by atoms with van der Waals surface area (Å²) in [5, 5.41) is 29.6. The van der Waals surface area contributed by atoms with Gasteiger partial charge in [0.15, 0.2) is 0 Å². The molecule has 0 saturated carbocycles. The molecule has 2 aromatic heterocycles. The Bertz CT molecular complexity index is 468. The first kappa shape index (κ1) is 11.9. The molecule has 0 unspecified atom stereocenters. The molecule has 17 heavy (non-hydrogen) atoms. The fraction of sp³-hybridized carbons (Fsp3) is 0.556. The number of aliphatic hydroxyl groups excluding tert-OH is 1. The Morgan fingerprint density at radius 2 is 2.29 bits per heavy atom. The largest absolute Gasteiger partial charge is 0.394 e. The molecule has 0 amide bonds. The number of aromatic nitrogens is 5. The van der Waals surface area contributed by atoms with E-state index in [4.69, 9.17) is 5.11 Å². The maximum absolute atomic E-state index is 8.75. The van der Waals surface area contributed by atoms with Gasteiger partial charge in [-0.15, -0.1) is 15.3 Å². The van der Waals surface area contributed by atoms with Gasteiger partial charge in [0.25, 0.3) is 0 Å². The van der Waals surface area contributed by atoms with Crippen molar-refractivity contribution >= 4 is 16.5 Å². The third-order valence-electron chi connectivity index (χ3n) is 2.11. The Morgan fingerprint density at radius 3 is 3.00 bits per heavy atom. The lowest BCUT2D eigenvalue weighted by Gasteiger charge is -1.96. The van der Waals surface area contributed by atoms with Crippen molar-refractivity contribution in [3.8, 4) is 0 Å². The summed E-state index contributed by atoms with van der Waals surface area (Å²) in [5.74, 6) is 0. The summed E-state index contributed by atoms with van der Waals surface area (Å²) in [5.41, 5.74) is 0.812. The number of aliphatic hydroxyl groups is 1. The second-order valence-corrected chi connectivity index (χ2v) is 4.47. The minimum atomic E-state index is 0.0620. The van der Waals surface area contributed by atoms with Crippen molar-refractivity contribution in [2.45, 2.75) is 26.4 Å². The van der Waals surface area contributed by atoms with Gasteiger partial charge in [-0.05, 0) is 6.42 Å². The second kappa shape index (κ2) is 5.69. The number of nitrogens with zero attached hydrogens (tertiary/aromatic N) is 5. The first-order valence-corrected chi connectivity index (χ1v) is 6.19. The maximum atomic E-state index is 8.75. The van der Waals surface area contributed by atoms with Crippen LogP contribution in [0, 0.1) is 0 Å². The number of hydrogen-bond donors (Lipinski definition) is 2. The Hall–Kier alpha value is -1.54. The highest BCUT2D eigenvalue weighted by atomic mass is 32.1. The summed E-state index contributed by atoms with van der Waals surface area (Å²) in [6.45, 7) is 3.13. The van der Waals surface area contributed by atoms with Gasteiger partial charge < -0.3 is 10.4 Å². The van der Waals surface area contributed by atoms with Crippen molar-refractivity contribution in [3.05, 3.63) is 16.9 Å². The van der Waals surface area contributed by atoms with Crippen LogP contribution in [0.5, 0.6) is 0 Å². The monoisotopic (exact) mass is 254 g/mol. The lowest BCUT2D eigenvalue weighted by Crippen LogP contribution is -2.02. The predicted octanol–water partition coefficient (Wildman–Crippen LogP) is 0.296. The molecule has 2 heterocycles. The van der Waals surface area contributed by atoms with Crippen molar-refractivity contribution < 1.29 is 5.11 Å². The van der Waals surface area contributed by atoms with Crippen LogP contribution in [-0.2, 0) is 19.5 Å². The Labute approximate surface area is 103 Å². The fourth-order valence-electron chi connectivity index (χ4n) is 1.27. The summed E-state index contributed by atoms with van der Waals surface area (Å²) in [4.78, 5) is 0. The topological polar surface area (TPSA) is 88.8 Å². The molecule has 0 spiro atoms. The first-order chi connectivity index (χ1) is 8.31. The quantitative estimate of drug-likeness (QED) is 0.770. The second-order valence-electron chi connectivity index (χ2n) is 3.40. The number of anilines is 1. The van der Waals surface area contributed by atoms with Gasteiger partial charge in [0, 0.05) is 0 Å². The average Bonchev–Trinajstić information content (AvgIpc) is 2.95. The average molecular weight is 254 g/mol. The highest BCUT2D eigenvalue weighted by Crippen LogP contribution is 2.15. The summed E-state index contributed by atoms with van der Waals surface area (Å²) >= 11 is 1.54. The molecule has 2 aromatic rings. The van der Waals surface area contributed by atoms with Crippen LogP contribution in [0.15, 0.2) is 6.20 Å². The van der Waals surface area contributed by atoms with E-state index in [0.29, 0.717) is 13.1 Å². The fourth-order valence-corrected chi connectivity index (χ4v) is 1.94. The molecule has 0 saturated heterocycles. The van der Waals surface area contributed by atoms with E-state index in [0.717, 1.165) is 22.3 Å². The Morgan fingerprint density at radius 1 is 1.41 bits per heavy atom. The summed E-state index contributed by atoms with van der Waals surface area (Å²) in [7, 11) is 0. The van der Waals surface area contributed by atoms with Crippen LogP contribution in [0.25, 0.3) is 0 Å². The zero-order valence-electron chi connectivity index (χ0n) is 9.50. The summed E-state index contributed by atoms with van der Waals surface area (Å²) in [6, 6.07) is 0. The number of hydrogen-bond acceptors (Lipinski definition) is 7. The number of aryl methyl sites for hydroxylation is 1. The number of rotatable bonds is 6. The molecule has 0 atom stereocenters. The minimum Gasteiger partial charge on any atom is -0.394 e. The predicted molar refractivity (Wildman–Crippen MR) is 63.7 cm³/mol. The van der Waals surface area contributed by atoms with Crippen molar-refractivity contribution in [2.24, 2.45) is 0 Å². The van der Waals surface area contributed by atoms with Gasteiger partial charge in [-0.2, -0.15) is 0 Å². The van der Waals surface area contributed by atoms with Gasteiger partial charge >= 0.3 is 0 Å². The Kier molecular flexibility index (Phi) is 3.99.